The molecule has 1 aliphatic rings. The van der Waals surface area contributed by atoms with Gasteiger partial charge in [-0.1, -0.05) is 30.3 Å². The van der Waals surface area contributed by atoms with Crippen LogP contribution in [-0.2, 0) is 11.3 Å². The molecule has 164 valence electrons. The van der Waals surface area contributed by atoms with Crippen LogP contribution in [0.1, 0.15) is 29.3 Å². The van der Waals surface area contributed by atoms with Gasteiger partial charge in [-0.05, 0) is 44.2 Å². The first kappa shape index (κ1) is 20.8. The summed E-state index contributed by atoms with van der Waals surface area (Å²) < 4.78 is 3.10. The highest BCUT2D eigenvalue weighted by atomic mass is 32.1. The summed E-state index contributed by atoms with van der Waals surface area (Å²) in [6.07, 6.45) is 6.02. The number of benzene rings is 2. The minimum absolute atomic E-state index is 0.189. The number of rotatable bonds is 6. The lowest BCUT2D eigenvalue weighted by atomic mass is 9.98. The topological polar surface area (TPSA) is 54.3 Å². The molecule has 1 atom stereocenters. The van der Waals surface area contributed by atoms with Gasteiger partial charge in [0.2, 0.25) is 5.91 Å². The molecule has 0 unspecified atom stereocenters. The molecule has 0 saturated carbocycles. The predicted molar refractivity (Wildman–Crippen MR) is 128 cm³/mol. The summed E-state index contributed by atoms with van der Waals surface area (Å²) in [5.74, 6) is 0.522. The molecule has 1 saturated heterocycles. The maximum absolute atomic E-state index is 13.0. The van der Waals surface area contributed by atoms with Gasteiger partial charge < -0.3 is 4.90 Å². The number of hydrogen-bond acceptors (Lipinski definition) is 5. The summed E-state index contributed by atoms with van der Waals surface area (Å²) >= 11 is 1.76. The van der Waals surface area contributed by atoms with Crippen molar-refractivity contribution >= 4 is 27.5 Å². The van der Waals surface area contributed by atoms with Crippen LogP contribution in [0, 0.1) is 0 Å². The van der Waals surface area contributed by atoms with E-state index in [2.05, 4.69) is 28.2 Å². The van der Waals surface area contributed by atoms with Gasteiger partial charge in [0.1, 0.15) is 0 Å². The molecule has 5 rings (SSSR count). The Labute approximate surface area is 192 Å². The van der Waals surface area contributed by atoms with E-state index in [0.29, 0.717) is 19.0 Å². The lowest BCUT2D eigenvalue weighted by Gasteiger charge is -2.33. The smallest absolute Gasteiger partial charge is 0.236 e. The first-order chi connectivity index (χ1) is 15.7. The van der Waals surface area contributed by atoms with E-state index in [0.717, 1.165) is 47.7 Å². The van der Waals surface area contributed by atoms with Crippen molar-refractivity contribution in [1.29, 1.82) is 0 Å². The number of carbonyl (C=O) groups excluding carboxylic acids is 1. The van der Waals surface area contributed by atoms with Gasteiger partial charge in [-0.3, -0.25) is 9.69 Å². The zero-order valence-electron chi connectivity index (χ0n) is 18.2. The number of likely N-dealkylation sites (N-methyl/N-ethyl adjacent to an activating group) is 1. The molecule has 3 heterocycles. The third-order valence-electron chi connectivity index (χ3n) is 5.95. The molecule has 0 aliphatic carbocycles. The predicted octanol–water partition coefficient (Wildman–Crippen LogP) is 4.32. The number of fused-ring (bicyclic) bond motifs is 1. The van der Waals surface area contributed by atoms with Crippen molar-refractivity contribution in [3.63, 3.8) is 0 Å². The minimum atomic E-state index is 0.189. The molecule has 0 N–H and O–H groups in total. The van der Waals surface area contributed by atoms with Crippen LogP contribution in [0.5, 0.6) is 0 Å². The number of thiazole rings is 1. The van der Waals surface area contributed by atoms with Crippen molar-refractivity contribution in [2.24, 2.45) is 0 Å². The number of amides is 1. The Hall–Kier alpha value is -3.03. The lowest BCUT2D eigenvalue weighted by molar-refractivity contribution is -0.133. The fourth-order valence-electron chi connectivity index (χ4n) is 4.33. The monoisotopic (exact) mass is 445 g/mol. The molecule has 2 aromatic heterocycles. The summed E-state index contributed by atoms with van der Waals surface area (Å²) in [4.78, 5) is 21.9. The molecule has 1 amide bonds. The maximum Gasteiger partial charge on any atom is 0.236 e. The van der Waals surface area contributed by atoms with Gasteiger partial charge in [0.15, 0.2) is 0 Å². The van der Waals surface area contributed by atoms with E-state index in [-0.39, 0.29) is 5.91 Å². The molecule has 32 heavy (non-hydrogen) atoms. The number of para-hydroxylation sites is 2. The normalized spacial score (nSPS) is 16.7. The zero-order chi connectivity index (χ0) is 21.9. The molecule has 7 heteroatoms. The van der Waals surface area contributed by atoms with E-state index in [1.54, 1.807) is 11.3 Å². The molecule has 6 nitrogen and oxygen atoms in total. The van der Waals surface area contributed by atoms with Crippen molar-refractivity contribution in [1.82, 2.24) is 24.6 Å². The summed E-state index contributed by atoms with van der Waals surface area (Å²) in [6.45, 7) is 2.69. The number of nitrogens with zero attached hydrogens (tertiary/aromatic N) is 5. The molecule has 4 aromatic rings. The standard InChI is InChI=1S/C25H27N5OS/c1-28(15-19-14-26-30(16-19)21-9-3-2-4-10-21)18-24(31)29-13-7-8-20(17-29)25-27-22-11-5-6-12-23(22)32-25/h2-6,9-12,14,16,20H,7-8,13,15,17-18H2,1H3/t20-/m1/s1. The van der Waals surface area contributed by atoms with Gasteiger partial charge in [-0.2, -0.15) is 5.10 Å². The molecular weight excluding hydrogens is 418 g/mol. The summed E-state index contributed by atoms with van der Waals surface area (Å²) in [6, 6.07) is 18.3. The molecular formula is C25H27N5OS. The molecule has 1 aliphatic heterocycles. The molecule has 0 spiro atoms. The van der Waals surface area contributed by atoms with Gasteiger partial charge >= 0.3 is 0 Å². The largest absolute Gasteiger partial charge is 0.341 e. The van der Waals surface area contributed by atoms with E-state index in [4.69, 9.17) is 4.98 Å². The third-order valence-corrected chi connectivity index (χ3v) is 7.15. The van der Waals surface area contributed by atoms with Gasteiger partial charge in [0, 0.05) is 37.3 Å². The van der Waals surface area contributed by atoms with E-state index >= 15 is 0 Å². The second kappa shape index (κ2) is 9.22. The van der Waals surface area contributed by atoms with Crippen LogP contribution in [0.3, 0.4) is 0 Å². The minimum Gasteiger partial charge on any atom is -0.341 e. The SMILES string of the molecule is CN(CC(=O)N1CCC[C@@H](c2nc3ccccc3s2)C1)Cc1cnn(-c2ccccc2)c1. The van der Waals surface area contributed by atoms with E-state index in [9.17, 15) is 4.79 Å². The zero-order valence-corrected chi connectivity index (χ0v) is 19.0. The average molecular weight is 446 g/mol. The summed E-state index contributed by atoms with van der Waals surface area (Å²) in [5, 5.41) is 5.62. The van der Waals surface area contributed by atoms with Crippen molar-refractivity contribution < 1.29 is 4.79 Å². The first-order valence-electron chi connectivity index (χ1n) is 11.1. The van der Waals surface area contributed by atoms with Gasteiger partial charge in [-0.25, -0.2) is 9.67 Å². The van der Waals surface area contributed by atoms with Crippen LogP contribution >= 0.6 is 11.3 Å². The molecule has 0 radical (unpaired) electrons. The fourth-order valence-corrected chi connectivity index (χ4v) is 5.43. The van der Waals surface area contributed by atoms with Crippen molar-refractivity contribution in [3.8, 4) is 5.69 Å². The molecule has 1 fully saturated rings. The van der Waals surface area contributed by atoms with Crippen LogP contribution in [0.4, 0.5) is 0 Å². The van der Waals surface area contributed by atoms with Crippen LogP contribution < -0.4 is 0 Å². The Balaban J connectivity index is 1.18. The van der Waals surface area contributed by atoms with E-state index in [1.807, 2.05) is 65.4 Å². The number of carbonyl (C=O) groups is 1. The van der Waals surface area contributed by atoms with Crippen molar-refractivity contribution in [3.05, 3.63) is 77.6 Å². The maximum atomic E-state index is 13.0. The number of likely N-dealkylation sites (tertiary alicyclic amines) is 1. The summed E-state index contributed by atoms with van der Waals surface area (Å²) in [5.41, 5.74) is 3.19. The van der Waals surface area contributed by atoms with Gasteiger partial charge in [-0.15, -0.1) is 11.3 Å². The van der Waals surface area contributed by atoms with E-state index in [1.165, 1.54) is 4.70 Å². The highest BCUT2D eigenvalue weighted by Gasteiger charge is 2.27. The van der Waals surface area contributed by atoms with Crippen molar-refractivity contribution in [2.45, 2.75) is 25.3 Å². The Kier molecular flexibility index (Phi) is 6.01. The van der Waals surface area contributed by atoms with Crippen LogP contribution in [0.25, 0.3) is 15.9 Å². The van der Waals surface area contributed by atoms with Gasteiger partial charge in [0.05, 0.1) is 33.7 Å². The number of aromatic nitrogens is 3. The second-order valence-electron chi connectivity index (χ2n) is 8.50. The van der Waals surface area contributed by atoms with Crippen molar-refractivity contribution in [2.75, 3.05) is 26.7 Å². The van der Waals surface area contributed by atoms with Gasteiger partial charge in [0.25, 0.3) is 0 Å². The second-order valence-corrected chi connectivity index (χ2v) is 9.56. The Morgan fingerprint density at radius 2 is 1.97 bits per heavy atom. The average Bonchev–Trinajstić information content (AvgIpc) is 3.47. The molecule has 2 aromatic carbocycles. The Morgan fingerprint density at radius 3 is 2.81 bits per heavy atom. The quantitative estimate of drug-likeness (QED) is 0.444. The number of hydrogen-bond donors (Lipinski definition) is 0. The molecule has 0 bridgehead atoms. The Bertz CT molecular complexity index is 1170. The third kappa shape index (κ3) is 4.59. The van der Waals surface area contributed by atoms with E-state index < -0.39 is 0 Å². The highest BCUT2D eigenvalue weighted by molar-refractivity contribution is 7.18. The van der Waals surface area contributed by atoms with Crippen LogP contribution in [0.15, 0.2) is 67.0 Å². The van der Waals surface area contributed by atoms with Crippen LogP contribution in [0.2, 0.25) is 0 Å². The Morgan fingerprint density at radius 1 is 1.16 bits per heavy atom. The fraction of sp³-hybridized carbons (Fsp3) is 0.320. The lowest BCUT2D eigenvalue weighted by Crippen LogP contribution is -2.43. The highest BCUT2D eigenvalue weighted by Crippen LogP contribution is 2.33. The summed E-state index contributed by atoms with van der Waals surface area (Å²) in [7, 11) is 1.99. The number of piperidine rings is 1. The first-order valence-corrected chi connectivity index (χ1v) is 11.9. The van der Waals surface area contributed by atoms with Crippen LogP contribution in [-0.4, -0.2) is 57.2 Å².